The molecule has 1 heterocycles. The molecular weight excluding hydrogens is 464 g/mol. The maximum atomic E-state index is 12.0. The number of carbonyl (C=O) groups is 3. The van der Waals surface area contributed by atoms with Crippen LogP contribution in [0.4, 0.5) is 10.5 Å². The Bertz CT molecular complexity index is 910. The lowest BCUT2D eigenvalue weighted by Crippen LogP contribution is -2.39. The number of carbonyl (C=O) groups excluding carboxylic acids is 3. The standard InChI is InChI=1S/C13H20N2O.C12H13ClN2O2.C2H6/c1-3-4-10-15(2)13(16)11-6-5-7-12(14)9-8-11;13-9-3-5-10(6-4-9)14-12(17)15-7-1-2-11(15)8-16;1-2/h5-6,8-9H,3-4,7,10,14H2,1-2H3;3-6,8,11H,1-2,7H2,(H,14,17);1-2H3/t;11-;/m.1./s1. The minimum absolute atomic E-state index is 0.0654. The third-order valence-corrected chi connectivity index (χ3v) is 5.63. The van der Waals surface area contributed by atoms with Crippen LogP contribution in [0.15, 0.2) is 59.8 Å². The van der Waals surface area contributed by atoms with Crippen LogP contribution in [0.5, 0.6) is 0 Å². The topological polar surface area (TPSA) is 95.7 Å². The van der Waals surface area contributed by atoms with Gasteiger partial charge in [0.05, 0.1) is 6.04 Å². The van der Waals surface area contributed by atoms with E-state index in [1.807, 2.05) is 33.0 Å². The Morgan fingerprint density at radius 3 is 2.54 bits per heavy atom. The van der Waals surface area contributed by atoms with Crippen molar-refractivity contribution in [2.75, 3.05) is 25.5 Å². The van der Waals surface area contributed by atoms with E-state index in [1.54, 1.807) is 46.2 Å². The number of likely N-dealkylation sites (N-methyl/N-ethyl adjacent to an activating group) is 1. The van der Waals surface area contributed by atoms with Crippen molar-refractivity contribution < 1.29 is 14.4 Å². The summed E-state index contributed by atoms with van der Waals surface area (Å²) in [7, 11) is 1.84. The fourth-order valence-electron chi connectivity index (χ4n) is 3.42. The monoisotopic (exact) mass is 502 g/mol. The molecule has 0 bridgehead atoms. The molecule has 1 aromatic rings. The third-order valence-electron chi connectivity index (χ3n) is 5.38. The molecule has 0 radical (unpaired) electrons. The normalized spacial score (nSPS) is 16.4. The van der Waals surface area contributed by atoms with Crippen LogP contribution in [0.1, 0.15) is 52.9 Å². The van der Waals surface area contributed by atoms with Gasteiger partial charge in [-0.1, -0.05) is 50.9 Å². The van der Waals surface area contributed by atoms with E-state index in [4.69, 9.17) is 17.3 Å². The molecule has 1 atom stereocenters. The summed E-state index contributed by atoms with van der Waals surface area (Å²) in [5, 5.41) is 3.37. The predicted molar refractivity (Wildman–Crippen MR) is 144 cm³/mol. The van der Waals surface area contributed by atoms with Crippen molar-refractivity contribution in [2.45, 2.75) is 58.9 Å². The quantitative estimate of drug-likeness (QED) is 0.499. The summed E-state index contributed by atoms with van der Waals surface area (Å²) in [4.78, 5) is 38.0. The molecule has 0 aromatic heterocycles. The van der Waals surface area contributed by atoms with Crippen LogP contribution in [0.2, 0.25) is 5.02 Å². The molecular formula is C27H39ClN4O3. The number of nitrogens with one attached hydrogen (secondary N) is 1. The summed E-state index contributed by atoms with van der Waals surface area (Å²) in [6.07, 6.45) is 12.7. The van der Waals surface area contributed by atoms with Crippen LogP contribution < -0.4 is 11.1 Å². The van der Waals surface area contributed by atoms with Crippen LogP contribution in [0, 0.1) is 0 Å². The van der Waals surface area contributed by atoms with Crippen molar-refractivity contribution in [1.82, 2.24) is 9.80 Å². The van der Waals surface area contributed by atoms with Gasteiger partial charge < -0.3 is 25.6 Å². The van der Waals surface area contributed by atoms with Crippen molar-refractivity contribution in [3.8, 4) is 0 Å². The van der Waals surface area contributed by atoms with E-state index in [-0.39, 0.29) is 18.0 Å². The van der Waals surface area contributed by atoms with Crippen molar-refractivity contribution >= 4 is 35.5 Å². The molecule has 3 N–H and O–H groups in total. The highest BCUT2D eigenvalue weighted by molar-refractivity contribution is 6.30. The van der Waals surface area contributed by atoms with Crippen molar-refractivity contribution in [3.63, 3.8) is 0 Å². The molecule has 1 fully saturated rings. The fraction of sp³-hybridized carbons (Fsp3) is 0.444. The number of amides is 3. The van der Waals surface area contributed by atoms with E-state index < -0.39 is 0 Å². The maximum Gasteiger partial charge on any atom is 0.322 e. The molecule has 3 rings (SSSR count). The van der Waals surface area contributed by atoms with E-state index in [1.165, 1.54) is 0 Å². The molecule has 0 spiro atoms. The van der Waals surface area contributed by atoms with Gasteiger partial charge in [0.2, 0.25) is 0 Å². The Morgan fingerprint density at radius 1 is 1.23 bits per heavy atom. The van der Waals surface area contributed by atoms with Gasteiger partial charge in [0.1, 0.15) is 6.29 Å². The number of hydrogen-bond donors (Lipinski definition) is 2. The van der Waals surface area contributed by atoms with Gasteiger partial charge in [0, 0.05) is 48.5 Å². The van der Waals surface area contributed by atoms with Crippen LogP contribution in [-0.2, 0) is 9.59 Å². The van der Waals surface area contributed by atoms with Gasteiger partial charge in [0.15, 0.2) is 0 Å². The lowest BCUT2D eigenvalue weighted by Gasteiger charge is -2.20. The molecule has 35 heavy (non-hydrogen) atoms. The smallest absolute Gasteiger partial charge is 0.322 e. The zero-order chi connectivity index (χ0) is 26.2. The average molecular weight is 503 g/mol. The summed E-state index contributed by atoms with van der Waals surface area (Å²) in [6, 6.07) is 6.35. The first-order valence-corrected chi connectivity index (χ1v) is 12.6. The van der Waals surface area contributed by atoms with Crippen LogP contribution in [0.25, 0.3) is 0 Å². The van der Waals surface area contributed by atoms with Gasteiger partial charge in [-0.25, -0.2) is 4.79 Å². The number of aldehydes is 1. The fourth-order valence-corrected chi connectivity index (χ4v) is 3.54. The zero-order valence-electron chi connectivity index (χ0n) is 21.3. The summed E-state index contributed by atoms with van der Waals surface area (Å²) in [5.74, 6) is 0.0654. The number of halogens is 1. The van der Waals surface area contributed by atoms with Gasteiger partial charge in [0.25, 0.3) is 5.91 Å². The summed E-state index contributed by atoms with van der Waals surface area (Å²) in [5.41, 5.74) is 7.87. The van der Waals surface area contributed by atoms with Gasteiger partial charge in [-0.15, -0.1) is 0 Å². The van der Waals surface area contributed by atoms with Crippen LogP contribution >= 0.6 is 11.6 Å². The zero-order valence-corrected chi connectivity index (χ0v) is 22.1. The maximum absolute atomic E-state index is 12.0. The number of urea groups is 1. The highest BCUT2D eigenvalue weighted by atomic mass is 35.5. The Morgan fingerprint density at radius 2 is 1.91 bits per heavy atom. The molecule has 0 saturated carbocycles. The van der Waals surface area contributed by atoms with Gasteiger partial charge in [-0.2, -0.15) is 0 Å². The molecule has 0 unspecified atom stereocenters. The molecule has 1 aliphatic heterocycles. The van der Waals surface area contributed by atoms with Gasteiger partial charge in [-0.05, 0) is 55.7 Å². The SMILES string of the molecule is CC.CCCCN(C)C(=O)C1=CC=C(N)CC=C1.O=C[C@H]1CCCN1C(=O)Nc1ccc(Cl)cc1. The molecule has 2 aliphatic rings. The number of nitrogens with zero attached hydrogens (tertiary/aromatic N) is 2. The number of unbranched alkanes of at least 4 members (excludes halogenated alkanes) is 1. The second-order valence-corrected chi connectivity index (χ2v) is 8.46. The third kappa shape index (κ3) is 10.4. The molecule has 3 amide bonds. The van der Waals surface area contributed by atoms with Crippen molar-refractivity contribution in [3.05, 3.63) is 64.9 Å². The van der Waals surface area contributed by atoms with Gasteiger partial charge in [-0.3, -0.25) is 4.79 Å². The van der Waals surface area contributed by atoms with Crippen molar-refractivity contribution in [2.24, 2.45) is 5.73 Å². The molecule has 1 aliphatic carbocycles. The largest absolute Gasteiger partial charge is 0.402 e. The van der Waals surface area contributed by atoms with E-state index in [0.717, 1.165) is 44.2 Å². The number of likely N-dealkylation sites (tertiary alicyclic amines) is 1. The van der Waals surface area contributed by atoms with Crippen LogP contribution in [0.3, 0.4) is 0 Å². The number of nitrogens with two attached hydrogens (primary N) is 1. The van der Waals surface area contributed by atoms with Gasteiger partial charge >= 0.3 is 6.03 Å². The molecule has 7 nitrogen and oxygen atoms in total. The van der Waals surface area contributed by atoms with E-state index in [2.05, 4.69) is 12.2 Å². The highest BCUT2D eigenvalue weighted by Crippen LogP contribution is 2.18. The number of anilines is 1. The van der Waals surface area contributed by atoms with E-state index >= 15 is 0 Å². The van der Waals surface area contributed by atoms with Crippen molar-refractivity contribution in [1.29, 1.82) is 0 Å². The Kier molecular flexibility index (Phi) is 14.2. The molecule has 192 valence electrons. The Balaban J connectivity index is 0.000000328. The Labute approximate surface area is 214 Å². The number of hydrogen-bond acceptors (Lipinski definition) is 4. The molecule has 8 heteroatoms. The number of allylic oxidation sites excluding steroid dienone is 3. The highest BCUT2D eigenvalue weighted by Gasteiger charge is 2.28. The predicted octanol–water partition coefficient (Wildman–Crippen LogP) is 5.54. The number of rotatable bonds is 6. The lowest BCUT2D eigenvalue weighted by molar-refractivity contribution is -0.125. The summed E-state index contributed by atoms with van der Waals surface area (Å²) in [6.45, 7) is 7.55. The molecule has 1 saturated heterocycles. The Hall–Kier alpha value is -3.06. The number of benzene rings is 1. The average Bonchev–Trinajstić information content (AvgIpc) is 3.26. The van der Waals surface area contributed by atoms with Crippen LogP contribution in [-0.4, -0.2) is 54.2 Å². The first-order chi connectivity index (χ1) is 16.8. The summed E-state index contributed by atoms with van der Waals surface area (Å²) < 4.78 is 0. The minimum Gasteiger partial charge on any atom is -0.402 e. The molecule has 1 aromatic carbocycles. The second-order valence-electron chi connectivity index (χ2n) is 8.03. The first-order valence-electron chi connectivity index (χ1n) is 12.2. The van der Waals surface area contributed by atoms with E-state index in [0.29, 0.717) is 29.2 Å². The first kappa shape index (κ1) is 30.0. The minimum atomic E-state index is -0.290. The van der Waals surface area contributed by atoms with E-state index in [9.17, 15) is 14.4 Å². The second kappa shape index (κ2) is 16.5. The lowest BCUT2D eigenvalue weighted by atomic mass is 10.2. The summed E-state index contributed by atoms with van der Waals surface area (Å²) >= 11 is 5.75.